The van der Waals surface area contributed by atoms with Crippen LogP contribution in [-0.2, 0) is 0 Å². The van der Waals surface area contributed by atoms with Gasteiger partial charge in [0.1, 0.15) is 11.4 Å². The number of nitrogens with one attached hydrogen (secondary N) is 3. The lowest BCUT2D eigenvalue weighted by molar-refractivity contribution is 0.0587. The Balaban J connectivity index is 1.11. The van der Waals surface area contributed by atoms with Gasteiger partial charge in [0.2, 0.25) is 0 Å². The summed E-state index contributed by atoms with van der Waals surface area (Å²) in [6.45, 7) is 4.12. The molecule has 7 nitrogen and oxygen atoms in total. The number of anilines is 1. The van der Waals surface area contributed by atoms with Crippen LogP contribution in [0.3, 0.4) is 0 Å². The average Bonchev–Trinajstić information content (AvgIpc) is 3.37. The minimum atomic E-state index is 0.122. The summed E-state index contributed by atoms with van der Waals surface area (Å²) in [5.41, 5.74) is 3.65. The van der Waals surface area contributed by atoms with Gasteiger partial charge in [-0.25, -0.2) is 0 Å². The molecule has 2 saturated heterocycles. The lowest BCUT2D eigenvalue weighted by Crippen LogP contribution is -2.44. The topological polar surface area (TPSA) is 84.5 Å². The Kier molecular flexibility index (Phi) is 8.09. The van der Waals surface area contributed by atoms with Gasteiger partial charge in [-0.05, 0) is 81.8 Å². The Morgan fingerprint density at radius 2 is 1.95 bits per heavy atom. The number of ether oxygens (including phenoxy) is 1. The Labute approximate surface area is 219 Å². The number of H-pyrrole nitrogens is 1. The van der Waals surface area contributed by atoms with E-state index in [4.69, 9.17) is 10.1 Å². The quantitative estimate of drug-likeness (QED) is 0.337. The van der Waals surface area contributed by atoms with Gasteiger partial charge in [0.25, 0.3) is 5.91 Å². The second kappa shape index (κ2) is 11.8. The van der Waals surface area contributed by atoms with Crippen molar-refractivity contribution in [3.8, 4) is 5.75 Å². The van der Waals surface area contributed by atoms with Gasteiger partial charge in [-0.2, -0.15) is 0 Å². The molecule has 37 heavy (non-hydrogen) atoms. The predicted octanol–water partition coefficient (Wildman–Crippen LogP) is 5.53. The van der Waals surface area contributed by atoms with Crippen LogP contribution in [0.4, 0.5) is 5.69 Å². The molecule has 2 aliphatic rings. The molecule has 0 spiro atoms. The van der Waals surface area contributed by atoms with Crippen molar-refractivity contribution in [3.05, 3.63) is 59.8 Å². The molecule has 1 aromatic heterocycles. The second-order valence-electron chi connectivity index (χ2n) is 10.4. The number of hydrogen-bond donors (Lipinski definition) is 3. The smallest absolute Gasteiger partial charge is 0.270 e. The van der Waals surface area contributed by atoms with E-state index in [1.54, 1.807) is 7.11 Å². The zero-order chi connectivity index (χ0) is 25.6. The average molecular weight is 502 g/mol. The van der Waals surface area contributed by atoms with Crippen LogP contribution in [0.1, 0.15) is 61.0 Å². The molecule has 1 amide bonds. The van der Waals surface area contributed by atoms with Gasteiger partial charge in [-0.1, -0.05) is 18.2 Å². The van der Waals surface area contributed by atoms with Gasteiger partial charge in [0.05, 0.1) is 7.11 Å². The monoisotopic (exact) mass is 501 g/mol. The third kappa shape index (κ3) is 5.99. The number of amides is 1. The highest BCUT2D eigenvalue weighted by Gasteiger charge is 2.28. The first-order valence-electron chi connectivity index (χ1n) is 13.7. The van der Waals surface area contributed by atoms with E-state index in [2.05, 4.69) is 26.2 Å². The summed E-state index contributed by atoms with van der Waals surface area (Å²) in [5, 5.41) is 12.3. The number of carbonyl (C=O) groups is 1. The number of methoxy groups -OCH3 is 1. The zero-order valence-corrected chi connectivity index (χ0v) is 21.8. The minimum Gasteiger partial charge on any atom is -0.497 e. The summed E-state index contributed by atoms with van der Waals surface area (Å²) in [7, 11) is 1.66. The number of nitrogens with zero attached hydrogens (tertiary/aromatic N) is 2. The van der Waals surface area contributed by atoms with Crippen molar-refractivity contribution in [3.63, 3.8) is 0 Å². The van der Waals surface area contributed by atoms with E-state index in [-0.39, 0.29) is 5.91 Å². The number of fused-ring (bicyclic) bond motifs is 1. The second-order valence-corrected chi connectivity index (χ2v) is 10.4. The normalized spacial score (nSPS) is 19.2. The van der Waals surface area contributed by atoms with Crippen molar-refractivity contribution >= 4 is 28.7 Å². The van der Waals surface area contributed by atoms with Crippen LogP contribution in [0, 0.1) is 5.41 Å². The van der Waals surface area contributed by atoms with Crippen molar-refractivity contribution in [2.45, 2.75) is 57.0 Å². The molecule has 5 rings (SSSR count). The minimum absolute atomic E-state index is 0.122. The maximum absolute atomic E-state index is 13.5. The third-order valence-corrected chi connectivity index (χ3v) is 8.02. The molecule has 1 atom stereocenters. The maximum atomic E-state index is 13.5. The summed E-state index contributed by atoms with van der Waals surface area (Å²) in [6, 6.07) is 16.7. The molecule has 3 N–H and O–H groups in total. The molecular weight excluding hydrogens is 462 g/mol. The molecule has 2 fully saturated rings. The van der Waals surface area contributed by atoms with E-state index >= 15 is 0 Å². The fraction of sp³-hybridized carbons (Fsp3) is 0.467. The van der Waals surface area contributed by atoms with Gasteiger partial charge in [-0.15, -0.1) is 0 Å². The molecule has 196 valence electrons. The maximum Gasteiger partial charge on any atom is 0.270 e. The molecule has 2 aromatic carbocycles. The molecule has 7 heteroatoms. The lowest BCUT2D eigenvalue weighted by Gasteiger charge is -2.37. The first-order valence-corrected chi connectivity index (χ1v) is 13.7. The van der Waals surface area contributed by atoms with Crippen molar-refractivity contribution < 1.29 is 9.53 Å². The van der Waals surface area contributed by atoms with E-state index in [1.165, 1.54) is 12.6 Å². The zero-order valence-electron chi connectivity index (χ0n) is 21.8. The SMILES string of the molecule is COc1ccc2[nH]c(C(=O)N3CCCCC3CCCN3CCC(Nc4ccccc4C=N)CC3)cc2c1. The number of aromatic amines is 1. The number of aromatic nitrogens is 1. The van der Waals surface area contributed by atoms with E-state index in [1.807, 2.05) is 42.5 Å². The Morgan fingerprint density at radius 3 is 2.76 bits per heavy atom. The number of benzene rings is 2. The Bertz CT molecular complexity index is 1210. The fourth-order valence-corrected chi connectivity index (χ4v) is 5.90. The van der Waals surface area contributed by atoms with Gasteiger partial charge in [0.15, 0.2) is 0 Å². The van der Waals surface area contributed by atoms with Gasteiger partial charge >= 0.3 is 0 Å². The van der Waals surface area contributed by atoms with Gasteiger partial charge in [-0.3, -0.25) is 4.79 Å². The summed E-state index contributed by atoms with van der Waals surface area (Å²) in [6.07, 6.45) is 9.21. The highest BCUT2D eigenvalue weighted by atomic mass is 16.5. The summed E-state index contributed by atoms with van der Waals surface area (Å²) in [5.74, 6) is 0.925. The molecule has 0 saturated carbocycles. The van der Waals surface area contributed by atoms with E-state index in [0.717, 1.165) is 92.6 Å². The molecule has 0 radical (unpaired) electrons. The number of piperidine rings is 2. The van der Waals surface area contributed by atoms with Crippen LogP contribution in [0.2, 0.25) is 0 Å². The standard InChI is InChI=1S/C30H39N5O2/c1-37-26-11-12-28-23(19-26)20-29(33-28)30(36)35-16-5-4-8-25(35)9-6-15-34-17-13-24(14-18-34)32-27-10-3-2-7-22(27)21-31/h2-3,7,10-12,19-21,24-25,31-33H,4-6,8-9,13-18H2,1H3. The van der Waals surface area contributed by atoms with Crippen LogP contribution in [0.25, 0.3) is 10.9 Å². The number of carbonyl (C=O) groups excluding carboxylic acids is 1. The van der Waals surface area contributed by atoms with Gasteiger partial charge in [0, 0.05) is 60.1 Å². The Morgan fingerprint density at radius 1 is 1.11 bits per heavy atom. The molecule has 0 aliphatic carbocycles. The van der Waals surface area contributed by atoms with Crippen LogP contribution in [-0.4, -0.2) is 72.3 Å². The molecule has 1 unspecified atom stereocenters. The van der Waals surface area contributed by atoms with Crippen molar-refractivity contribution in [2.24, 2.45) is 0 Å². The van der Waals surface area contributed by atoms with E-state index in [9.17, 15) is 4.79 Å². The first kappa shape index (κ1) is 25.3. The van der Waals surface area contributed by atoms with E-state index in [0.29, 0.717) is 17.8 Å². The number of hydrogen-bond acceptors (Lipinski definition) is 5. The summed E-state index contributed by atoms with van der Waals surface area (Å²) in [4.78, 5) is 21.5. The summed E-state index contributed by atoms with van der Waals surface area (Å²) >= 11 is 0. The van der Waals surface area contributed by atoms with Crippen LogP contribution < -0.4 is 10.1 Å². The predicted molar refractivity (Wildman–Crippen MR) is 150 cm³/mol. The molecule has 2 aliphatic heterocycles. The number of para-hydroxylation sites is 1. The van der Waals surface area contributed by atoms with Crippen molar-refractivity contribution in [1.29, 1.82) is 5.41 Å². The largest absolute Gasteiger partial charge is 0.497 e. The van der Waals surface area contributed by atoms with Crippen molar-refractivity contribution in [2.75, 3.05) is 38.6 Å². The van der Waals surface area contributed by atoms with Gasteiger partial charge < -0.3 is 30.2 Å². The summed E-state index contributed by atoms with van der Waals surface area (Å²) < 4.78 is 5.34. The molecule has 3 aromatic rings. The lowest BCUT2D eigenvalue weighted by atomic mass is 9.97. The van der Waals surface area contributed by atoms with E-state index < -0.39 is 0 Å². The highest BCUT2D eigenvalue weighted by molar-refractivity contribution is 5.98. The molecular formula is C30H39N5O2. The van der Waals surface area contributed by atoms with Crippen molar-refractivity contribution in [1.82, 2.24) is 14.8 Å². The number of rotatable bonds is 9. The number of likely N-dealkylation sites (tertiary alicyclic amines) is 2. The van der Waals surface area contributed by atoms with Crippen LogP contribution in [0.5, 0.6) is 5.75 Å². The first-order chi connectivity index (χ1) is 18.1. The Hall–Kier alpha value is -3.32. The van der Waals surface area contributed by atoms with Crippen LogP contribution in [0.15, 0.2) is 48.5 Å². The highest BCUT2D eigenvalue weighted by Crippen LogP contribution is 2.27. The van der Waals surface area contributed by atoms with Crippen LogP contribution >= 0.6 is 0 Å². The molecule has 0 bridgehead atoms. The third-order valence-electron chi connectivity index (χ3n) is 8.02. The fourth-order valence-electron chi connectivity index (χ4n) is 5.90. The molecule has 3 heterocycles.